The molecule has 4 rings (SSSR count). The van der Waals surface area contributed by atoms with Crippen molar-refractivity contribution in [3.05, 3.63) is 48.0 Å². The van der Waals surface area contributed by atoms with Crippen molar-refractivity contribution in [3.8, 4) is 11.5 Å². The number of nitrogens with zero attached hydrogens (tertiary/aromatic N) is 4. The third kappa shape index (κ3) is 3.75. The molecular weight excluding hydrogens is 414 g/mol. The van der Waals surface area contributed by atoms with E-state index in [9.17, 15) is 14.4 Å². The molecule has 1 N–H and O–H groups in total. The average Bonchev–Trinajstić information content (AvgIpc) is 3.32. The van der Waals surface area contributed by atoms with Gasteiger partial charge in [-0.2, -0.15) is 5.11 Å². The summed E-state index contributed by atoms with van der Waals surface area (Å²) in [7, 11) is 2.96. The Morgan fingerprint density at radius 1 is 1.03 bits per heavy atom. The zero-order valence-corrected chi connectivity index (χ0v) is 17.9. The Kier molecular flexibility index (Phi) is 5.76. The van der Waals surface area contributed by atoms with Crippen LogP contribution in [0.25, 0.3) is 0 Å². The SMILES string of the molecule is CCc1ccc(NC(=O)CN2N=N[C@H]3C(=O)N(c4ccc(OC)c(OC)c4)C(=O)[C@H]32)cc1. The standard InChI is InChI=1S/C22H23N5O5/c1-4-13-5-7-14(8-6-13)23-18(28)12-26-20-19(24-25-26)21(29)27(22(20)30)15-9-10-16(31-2)17(11-15)32-3/h5-11,19-20H,4,12H2,1-3H3,(H,23,28)/t19-,20+/m1/s1. The smallest absolute Gasteiger partial charge is 0.263 e. The Bertz CT molecular complexity index is 1080. The summed E-state index contributed by atoms with van der Waals surface area (Å²) in [5.41, 5.74) is 2.13. The molecule has 0 aromatic heterocycles. The number of amides is 3. The molecule has 2 atom stereocenters. The summed E-state index contributed by atoms with van der Waals surface area (Å²) in [5.74, 6) is -0.514. The lowest BCUT2D eigenvalue weighted by atomic mass is 10.1. The molecule has 10 nitrogen and oxygen atoms in total. The number of imide groups is 1. The third-order valence-electron chi connectivity index (χ3n) is 5.43. The molecule has 0 saturated carbocycles. The van der Waals surface area contributed by atoms with Crippen LogP contribution in [0, 0.1) is 0 Å². The van der Waals surface area contributed by atoms with Gasteiger partial charge < -0.3 is 14.8 Å². The van der Waals surface area contributed by atoms with Crippen LogP contribution >= 0.6 is 0 Å². The number of hydrogen-bond donors (Lipinski definition) is 1. The third-order valence-corrected chi connectivity index (χ3v) is 5.43. The number of anilines is 2. The van der Waals surface area contributed by atoms with Crippen LogP contribution in [0.15, 0.2) is 52.8 Å². The van der Waals surface area contributed by atoms with E-state index in [2.05, 4.69) is 15.7 Å². The van der Waals surface area contributed by atoms with Crippen LogP contribution in [-0.2, 0) is 20.8 Å². The Balaban J connectivity index is 1.48. The molecule has 2 aromatic carbocycles. The molecule has 0 radical (unpaired) electrons. The van der Waals surface area contributed by atoms with Crippen LogP contribution in [0.3, 0.4) is 0 Å². The molecule has 0 aliphatic carbocycles. The molecule has 0 bridgehead atoms. The number of fused-ring (bicyclic) bond motifs is 1. The number of hydrogen-bond acceptors (Lipinski definition) is 8. The number of carbonyl (C=O) groups excluding carboxylic acids is 3. The molecule has 2 heterocycles. The first kappa shape index (κ1) is 21.3. The zero-order chi connectivity index (χ0) is 22.8. The van der Waals surface area contributed by atoms with E-state index >= 15 is 0 Å². The van der Waals surface area contributed by atoms with Crippen molar-refractivity contribution in [2.75, 3.05) is 31.0 Å². The van der Waals surface area contributed by atoms with E-state index in [4.69, 9.17) is 9.47 Å². The van der Waals surface area contributed by atoms with Crippen molar-refractivity contribution in [1.29, 1.82) is 0 Å². The van der Waals surface area contributed by atoms with Gasteiger partial charge in [-0.3, -0.25) is 19.4 Å². The van der Waals surface area contributed by atoms with Crippen molar-refractivity contribution >= 4 is 29.1 Å². The number of nitrogens with one attached hydrogen (secondary N) is 1. The van der Waals surface area contributed by atoms with Crippen molar-refractivity contribution in [2.24, 2.45) is 10.3 Å². The average molecular weight is 437 g/mol. The monoisotopic (exact) mass is 437 g/mol. The summed E-state index contributed by atoms with van der Waals surface area (Å²) in [4.78, 5) is 39.6. The van der Waals surface area contributed by atoms with Gasteiger partial charge in [-0.25, -0.2) is 4.90 Å². The van der Waals surface area contributed by atoms with Gasteiger partial charge in [0, 0.05) is 11.8 Å². The first-order valence-corrected chi connectivity index (χ1v) is 10.1. The summed E-state index contributed by atoms with van der Waals surface area (Å²) in [6.45, 7) is 1.84. The second kappa shape index (κ2) is 8.66. The maximum Gasteiger partial charge on any atom is 0.263 e. The highest BCUT2D eigenvalue weighted by Gasteiger charge is 2.55. The maximum atomic E-state index is 13.1. The number of methoxy groups -OCH3 is 2. The van der Waals surface area contributed by atoms with E-state index in [0.717, 1.165) is 16.9 Å². The fourth-order valence-electron chi connectivity index (χ4n) is 3.74. The number of carbonyl (C=O) groups is 3. The maximum absolute atomic E-state index is 13.1. The molecule has 166 valence electrons. The van der Waals surface area contributed by atoms with Gasteiger partial charge in [0.15, 0.2) is 23.6 Å². The van der Waals surface area contributed by atoms with Gasteiger partial charge in [0.1, 0.15) is 6.54 Å². The lowest BCUT2D eigenvalue weighted by Gasteiger charge is -2.20. The van der Waals surface area contributed by atoms with E-state index in [1.54, 1.807) is 18.2 Å². The molecule has 1 fully saturated rings. The van der Waals surface area contributed by atoms with Crippen LogP contribution in [0.2, 0.25) is 0 Å². The summed E-state index contributed by atoms with van der Waals surface area (Å²) in [5, 5.41) is 11.9. The number of aryl methyl sites for hydroxylation is 1. The molecule has 3 amide bonds. The lowest BCUT2D eigenvalue weighted by Crippen LogP contribution is -2.43. The summed E-state index contributed by atoms with van der Waals surface area (Å²) >= 11 is 0. The zero-order valence-electron chi connectivity index (χ0n) is 17.9. The van der Waals surface area contributed by atoms with Gasteiger partial charge in [-0.15, -0.1) is 0 Å². The number of rotatable bonds is 7. The van der Waals surface area contributed by atoms with Crippen LogP contribution in [0.4, 0.5) is 11.4 Å². The quantitative estimate of drug-likeness (QED) is 0.665. The van der Waals surface area contributed by atoms with Gasteiger partial charge in [-0.1, -0.05) is 24.3 Å². The highest BCUT2D eigenvalue weighted by atomic mass is 16.5. The first-order chi connectivity index (χ1) is 15.5. The van der Waals surface area contributed by atoms with Crippen molar-refractivity contribution < 1.29 is 23.9 Å². The largest absolute Gasteiger partial charge is 0.493 e. The van der Waals surface area contributed by atoms with Crippen LogP contribution in [0.1, 0.15) is 12.5 Å². The van der Waals surface area contributed by atoms with Gasteiger partial charge in [0.05, 0.1) is 19.9 Å². The molecule has 32 heavy (non-hydrogen) atoms. The van der Waals surface area contributed by atoms with Crippen molar-refractivity contribution in [2.45, 2.75) is 25.4 Å². The fourth-order valence-corrected chi connectivity index (χ4v) is 3.74. The molecule has 2 aliphatic heterocycles. The van der Waals surface area contributed by atoms with Crippen molar-refractivity contribution in [3.63, 3.8) is 0 Å². The predicted octanol–water partition coefficient (Wildman–Crippen LogP) is 2.20. The normalized spacial score (nSPS) is 19.3. The molecule has 2 aromatic rings. The van der Waals surface area contributed by atoms with Gasteiger partial charge in [0.2, 0.25) is 5.91 Å². The Hall–Kier alpha value is -3.95. The molecule has 0 unspecified atom stereocenters. The minimum atomic E-state index is -0.993. The minimum Gasteiger partial charge on any atom is -0.493 e. The molecule has 2 aliphatic rings. The van der Waals surface area contributed by atoms with Crippen LogP contribution < -0.4 is 19.7 Å². The fraction of sp³-hybridized carbons (Fsp3) is 0.318. The van der Waals surface area contributed by atoms with Gasteiger partial charge in [-0.05, 0) is 36.2 Å². The number of benzene rings is 2. The molecular formula is C22H23N5O5. The van der Waals surface area contributed by atoms with Crippen LogP contribution in [-0.4, -0.2) is 55.6 Å². The second-order valence-electron chi connectivity index (χ2n) is 7.34. The molecule has 10 heteroatoms. The van der Waals surface area contributed by atoms with E-state index in [-0.39, 0.29) is 12.5 Å². The van der Waals surface area contributed by atoms with E-state index in [1.807, 2.05) is 31.2 Å². The number of ether oxygens (including phenoxy) is 2. The van der Waals surface area contributed by atoms with Crippen LogP contribution in [0.5, 0.6) is 11.5 Å². The lowest BCUT2D eigenvalue weighted by molar-refractivity contribution is -0.123. The Morgan fingerprint density at radius 3 is 2.41 bits per heavy atom. The van der Waals surface area contributed by atoms with Gasteiger partial charge in [0.25, 0.3) is 11.8 Å². The Labute approximate surface area is 184 Å². The van der Waals surface area contributed by atoms with E-state index in [1.165, 1.54) is 19.2 Å². The first-order valence-electron chi connectivity index (χ1n) is 10.1. The highest BCUT2D eigenvalue weighted by Crippen LogP contribution is 2.36. The van der Waals surface area contributed by atoms with E-state index < -0.39 is 23.9 Å². The minimum absolute atomic E-state index is 0.209. The highest BCUT2D eigenvalue weighted by molar-refractivity contribution is 6.25. The summed E-state index contributed by atoms with van der Waals surface area (Å²) in [6.07, 6.45) is 0.901. The predicted molar refractivity (Wildman–Crippen MR) is 116 cm³/mol. The van der Waals surface area contributed by atoms with Crippen molar-refractivity contribution in [1.82, 2.24) is 5.01 Å². The Morgan fingerprint density at radius 2 is 1.75 bits per heavy atom. The molecule has 0 spiro atoms. The summed E-state index contributed by atoms with van der Waals surface area (Å²) in [6, 6.07) is 10.3. The molecule has 1 saturated heterocycles. The second-order valence-corrected chi connectivity index (χ2v) is 7.34. The topological polar surface area (TPSA) is 113 Å². The summed E-state index contributed by atoms with van der Waals surface area (Å²) < 4.78 is 10.5. The van der Waals surface area contributed by atoms with E-state index in [0.29, 0.717) is 22.9 Å². The van der Waals surface area contributed by atoms with Gasteiger partial charge >= 0.3 is 0 Å².